The SMILES string of the molecule is Cc1cc(N=Nc2cc(OS(=O)O)ccc2S(=O)(=O)O)c(C)cc1N=Nc1cc(C)c(N=Nc2c(SOOO)cc3cc(S(=O)(=O)O)c(N)cc3c2O)cc1C. The summed E-state index contributed by atoms with van der Waals surface area (Å²) in [5, 5.41) is 49.0. The highest BCUT2D eigenvalue weighted by Gasteiger charge is 2.21. The van der Waals surface area contributed by atoms with E-state index in [0.29, 0.717) is 57.0 Å². The monoisotopic (exact) mass is 847 g/mol. The average Bonchev–Trinajstić information content (AvgIpc) is 3.10. The third-order valence-electron chi connectivity index (χ3n) is 7.81. The van der Waals surface area contributed by atoms with Crippen molar-refractivity contribution in [2.75, 3.05) is 5.73 Å². The Hall–Kier alpha value is -5.28. The zero-order valence-electron chi connectivity index (χ0n) is 29.2. The average molecular weight is 848 g/mol. The molecule has 0 amide bonds. The van der Waals surface area contributed by atoms with Crippen LogP contribution in [0.5, 0.6) is 11.5 Å². The molecule has 5 aromatic rings. The van der Waals surface area contributed by atoms with Gasteiger partial charge in [-0.3, -0.25) is 13.7 Å². The number of azo groups is 3. The molecular weight excluding hydrogens is 819 g/mol. The lowest BCUT2D eigenvalue weighted by Gasteiger charge is -2.11. The van der Waals surface area contributed by atoms with Gasteiger partial charge in [-0.05, 0) is 110 Å². The summed E-state index contributed by atoms with van der Waals surface area (Å²) < 4.78 is 95.6. The second-order valence-corrected chi connectivity index (χ2v) is 15.9. The Kier molecular flexibility index (Phi) is 12.6. The number of nitrogens with zero attached hydrogens (tertiary/aromatic N) is 6. The molecule has 20 nitrogen and oxygen atoms in total. The molecule has 0 aromatic heterocycles. The van der Waals surface area contributed by atoms with Gasteiger partial charge in [-0.2, -0.15) is 41.5 Å². The van der Waals surface area contributed by atoms with Gasteiger partial charge in [0, 0.05) is 11.5 Å². The van der Waals surface area contributed by atoms with E-state index in [0.717, 1.165) is 30.3 Å². The number of aryl methyl sites for hydroxylation is 4. The van der Waals surface area contributed by atoms with Crippen molar-refractivity contribution in [2.24, 2.45) is 30.7 Å². The minimum atomic E-state index is -4.73. The Bertz CT molecular complexity index is 2730. The maximum atomic E-state index is 11.9. The molecule has 0 fully saturated rings. The first kappa shape index (κ1) is 41.9. The van der Waals surface area contributed by atoms with Gasteiger partial charge in [-0.25, -0.2) is 5.26 Å². The van der Waals surface area contributed by atoms with E-state index in [1.54, 1.807) is 52.0 Å². The molecule has 56 heavy (non-hydrogen) atoms. The van der Waals surface area contributed by atoms with Gasteiger partial charge in [0.15, 0.2) is 5.75 Å². The summed E-state index contributed by atoms with van der Waals surface area (Å²) in [6, 6.07) is 13.2. The number of phenols is 1. The lowest BCUT2D eigenvalue weighted by atomic mass is 10.1. The third kappa shape index (κ3) is 9.74. The Morgan fingerprint density at radius 2 is 1.16 bits per heavy atom. The summed E-state index contributed by atoms with van der Waals surface area (Å²) in [6.07, 6.45) is 0. The Morgan fingerprint density at radius 1 is 0.679 bits per heavy atom. The number of rotatable bonds is 13. The third-order valence-corrected chi connectivity index (χ3v) is 10.6. The number of hydrogen-bond donors (Lipinski definition) is 6. The van der Waals surface area contributed by atoms with Crippen molar-refractivity contribution in [1.82, 2.24) is 0 Å². The molecule has 0 spiro atoms. The number of nitrogens with two attached hydrogens (primary N) is 1. The Morgan fingerprint density at radius 3 is 1.62 bits per heavy atom. The molecular formula is C32H29N7O13S4. The van der Waals surface area contributed by atoms with Crippen LogP contribution in [0.15, 0.2) is 106 Å². The number of phenolic OH excluding ortho intramolecular Hbond substituents is 1. The van der Waals surface area contributed by atoms with Crippen LogP contribution in [0, 0.1) is 27.7 Å². The fraction of sp³-hybridized carbons (Fsp3) is 0.125. The lowest BCUT2D eigenvalue weighted by Crippen LogP contribution is -2.03. The van der Waals surface area contributed by atoms with E-state index < -0.39 is 47.1 Å². The molecule has 5 rings (SSSR count). The van der Waals surface area contributed by atoms with E-state index in [4.69, 9.17) is 15.5 Å². The first-order chi connectivity index (χ1) is 26.3. The van der Waals surface area contributed by atoms with Gasteiger partial charge in [-0.15, -0.1) is 14.6 Å². The second kappa shape index (κ2) is 16.8. The molecule has 7 N–H and O–H groups in total. The van der Waals surface area contributed by atoms with Crippen molar-refractivity contribution in [3.63, 3.8) is 0 Å². The molecule has 0 heterocycles. The number of nitrogen functional groups attached to an aromatic ring is 1. The number of hydrogen-bond acceptors (Lipinski definition) is 18. The van der Waals surface area contributed by atoms with Gasteiger partial charge < -0.3 is 15.0 Å². The maximum Gasteiger partial charge on any atom is 0.357 e. The van der Waals surface area contributed by atoms with Crippen LogP contribution < -0.4 is 9.92 Å². The van der Waals surface area contributed by atoms with Crippen LogP contribution in [-0.4, -0.2) is 45.1 Å². The highest BCUT2D eigenvalue weighted by Crippen LogP contribution is 2.46. The molecule has 5 aromatic carbocycles. The molecule has 294 valence electrons. The fourth-order valence-electron chi connectivity index (χ4n) is 5.08. The molecule has 0 saturated carbocycles. The largest absolute Gasteiger partial charge is 0.505 e. The predicted octanol–water partition coefficient (Wildman–Crippen LogP) is 9.04. The van der Waals surface area contributed by atoms with Gasteiger partial charge in [0.05, 0.1) is 45.4 Å². The van der Waals surface area contributed by atoms with Gasteiger partial charge in [0.25, 0.3) is 20.2 Å². The molecule has 0 aliphatic rings. The number of anilines is 1. The van der Waals surface area contributed by atoms with Crippen LogP contribution in [-0.2, 0) is 41.0 Å². The van der Waals surface area contributed by atoms with E-state index in [9.17, 15) is 35.3 Å². The first-order valence-electron chi connectivity index (χ1n) is 15.4. The molecule has 1 atom stereocenters. The van der Waals surface area contributed by atoms with Gasteiger partial charge in [0.2, 0.25) is 0 Å². The van der Waals surface area contributed by atoms with E-state index in [1.165, 1.54) is 6.07 Å². The summed E-state index contributed by atoms with van der Waals surface area (Å²) in [5.41, 5.74) is 9.08. The van der Waals surface area contributed by atoms with Gasteiger partial charge in [-0.1, -0.05) is 5.04 Å². The van der Waals surface area contributed by atoms with Gasteiger partial charge in [0.1, 0.15) is 26.9 Å². The molecule has 0 aliphatic carbocycles. The zero-order chi connectivity index (χ0) is 41.1. The number of benzene rings is 5. The highest BCUT2D eigenvalue weighted by molar-refractivity contribution is 7.94. The molecule has 1 unspecified atom stereocenters. The summed E-state index contributed by atoms with van der Waals surface area (Å²) in [6.45, 7) is 6.92. The fourth-order valence-corrected chi connectivity index (χ4v) is 7.08. The van der Waals surface area contributed by atoms with Crippen LogP contribution in [0.2, 0.25) is 0 Å². The molecule has 24 heteroatoms. The number of fused-ring (bicyclic) bond motifs is 1. The zero-order valence-corrected chi connectivity index (χ0v) is 32.4. The van der Waals surface area contributed by atoms with Crippen molar-refractivity contribution >= 4 is 94.2 Å². The van der Waals surface area contributed by atoms with Gasteiger partial charge >= 0.3 is 11.4 Å². The van der Waals surface area contributed by atoms with E-state index in [-0.39, 0.29) is 38.5 Å². The van der Waals surface area contributed by atoms with Crippen LogP contribution in [0.1, 0.15) is 22.3 Å². The van der Waals surface area contributed by atoms with Crippen LogP contribution in [0.4, 0.5) is 39.8 Å². The van der Waals surface area contributed by atoms with Crippen molar-refractivity contribution in [3.05, 3.63) is 82.9 Å². The summed E-state index contributed by atoms with van der Waals surface area (Å²) in [4.78, 5) is -1.14. The standard InChI is InChI=1S/C32H29N7O13S4/c1-15-8-25(36-38-27-13-20(50-54(42)43)5-6-29(27)55(44,45)46)16(2)7-23(15)34-35-24-9-18(4)26(10-17(24)3)37-39-31-28(53-52-51-41)11-19-12-30(56(47,48)49)22(33)14-21(19)32(31)40/h5-14,40-41H,33H2,1-4H3,(H,42,43)(H,44,45,46)(H,47,48,49). The van der Waals surface area contributed by atoms with Crippen molar-refractivity contribution in [1.29, 1.82) is 0 Å². The molecule has 0 bridgehead atoms. The van der Waals surface area contributed by atoms with Crippen molar-refractivity contribution < 1.29 is 58.6 Å². The smallest absolute Gasteiger partial charge is 0.357 e. The van der Waals surface area contributed by atoms with Crippen molar-refractivity contribution in [2.45, 2.75) is 42.4 Å². The molecule has 0 aliphatic heterocycles. The first-order valence-corrected chi connectivity index (χ1v) is 20.0. The highest BCUT2D eigenvalue weighted by atomic mass is 32.2. The van der Waals surface area contributed by atoms with Crippen LogP contribution in [0.25, 0.3) is 10.8 Å². The number of aromatic hydroxyl groups is 1. The van der Waals surface area contributed by atoms with E-state index in [1.807, 2.05) is 0 Å². The lowest BCUT2D eigenvalue weighted by molar-refractivity contribution is -0.432. The van der Waals surface area contributed by atoms with E-state index >= 15 is 0 Å². The second-order valence-electron chi connectivity index (χ2n) is 11.7. The van der Waals surface area contributed by atoms with Crippen LogP contribution in [0.3, 0.4) is 0 Å². The maximum absolute atomic E-state index is 11.9. The summed E-state index contributed by atoms with van der Waals surface area (Å²) in [5.74, 6) is -0.660. The topological polar surface area (TPSA) is 314 Å². The van der Waals surface area contributed by atoms with E-state index in [2.05, 4.69) is 44.2 Å². The summed E-state index contributed by atoms with van der Waals surface area (Å²) >= 11 is -2.27. The molecule has 0 saturated heterocycles. The summed E-state index contributed by atoms with van der Waals surface area (Å²) in [7, 11) is -9.42. The quantitative estimate of drug-likeness (QED) is 0.0122. The van der Waals surface area contributed by atoms with Crippen LogP contribution >= 0.6 is 12.0 Å². The Labute approximate surface area is 324 Å². The predicted molar refractivity (Wildman–Crippen MR) is 203 cm³/mol. The van der Waals surface area contributed by atoms with Crippen molar-refractivity contribution in [3.8, 4) is 11.5 Å². The minimum absolute atomic E-state index is 0.0419. The minimum Gasteiger partial charge on any atom is -0.505 e. The Balaban J connectivity index is 1.43. The molecule has 0 radical (unpaired) electrons. The normalized spacial score (nSPS) is 13.1.